The van der Waals surface area contributed by atoms with E-state index in [4.69, 9.17) is 4.42 Å². The molecule has 2 heterocycles. The largest absolute Gasteiger partial charge is 0.460 e. The smallest absolute Gasteiger partial charge is 0.142 e. The van der Waals surface area contributed by atoms with Gasteiger partial charge in [-0.15, -0.1) is 0 Å². The number of aromatic nitrogens is 1. The molecule has 2 aromatic rings. The van der Waals surface area contributed by atoms with Crippen LogP contribution in [0.15, 0.2) is 35.0 Å². The van der Waals surface area contributed by atoms with Crippen molar-refractivity contribution in [2.75, 3.05) is 0 Å². The van der Waals surface area contributed by atoms with E-state index >= 15 is 0 Å². The zero-order valence-electron chi connectivity index (χ0n) is 9.32. The van der Waals surface area contributed by atoms with Gasteiger partial charge in [0.2, 0.25) is 0 Å². The predicted octanol–water partition coefficient (Wildman–Crippen LogP) is 2.73. The Bertz CT molecular complexity index is 520. The molecule has 3 nitrogen and oxygen atoms in total. The van der Waals surface area contributed by atoms with E-state index in [0.29, 0.717) is 17.4 Å². The fourth-order valence-electron chi connectivity index (χ4n) is 1.71. The lowest BCUT2D eigenvalue weighted by Gasteiger charge is -1.99. The third-order valence-corrected chi connectivity index (χ3v) is 2.79. The highest BCUT2D eigenvalue weighted by Crippen LogP contribution is 2.23. The Morgan fingerprint density at radius 2 is 2.24 bits per heavy atom. The molecule has 0 amide bonds. The Kier molecular flexibility index (Phi) is 2.65. The van der Waals surface area contributed by atoms with Gasteiger partial charge in [-0.25, -0.2) is 4.39 Å². The van der Waals surface area contributed by atoms with Crippen molar-refractivity contribution >= 4 is 0 Å². The predicted molar refractivity (Wildman–Crippen MR) is 61.8 cm³/mol. The summed E-state index contributed by atoms with van der Waals surface area (Å²) in [6.07, 6.45) is 5.28. The number of halogens is 1. The molecule has 0 radical (unpaired) electrons. The average molecular weight is 232 g/mol. The minimum Gasteiger partial charge on any atom is -0.460 e. The summed E-state index contributed by atoms with van der Waals surface area (Å²) in [5, 5.41) is 3.37. The number of rotatable bonds is 4. The van der Waals surface area contributed by atoms with E-state index in [0.717, 1.165) is 12.3 Å². The molecule has 1 fully saturated rings. The van der Waals surface area contributed by atoms with Crippen LogP contribution in [-0.4, -0.2) is 11.0 Å². The number of hydrogen-bond acceptors (Lipinski definition) is 3. The number of hydrogen-bond donors (Lipinski definition) is 1. The van der Waals surface area contributed by atoms with Crippen LogP contribution in [0.1, 0.15) is 18.6 Å². The SMILES string of the molecule is Fc1cncc(-c2ccc(CNC3CC3)o2)c1. The first-order valence-electron chi connectivity index (χ1n) is 5.74. The van der Waals surface area contributed by atoms with Gasteiger partial charge in [0.05, 0.1) is 12.7 Å². The Labute approximate surface area is 98.7 Å². The summed E-state index contributed by atoms with van der Waals surface area (Å²) >= 11 is 0. The molecule has 1 aliphatic rings. The van der Waals surface area contributed by atoms with Gasteiger partial charge in [-0.05, 0) is 31.0 Å². The van der Waals surface area contributed by atoms with Crippen molar-refractivity contribution < 1.29 is 8.81 Å². The van der Waals surface area contributed by atoms with E-state index in [1.165, 1.54) is 25.1 Å². The van der Waals surface area contributed by atoms with Crippen LogP contribution in [0.3, 0.4) is 0 Å². The molecule has 88 valence electrons. The van der Waals surface area contributed by atoms with Gasteiger partial charge in [0.1, 0.15) is 17.3 Å². The summed E-state index contributed by atoms with van der Waals surface area (Å²) < 4.78 is 18.6. The van der Waals surface area contributed by atoms with Gasteiger partial charge in [0.25, 0.3) is 0 Å². The van der Waals surface area contributed by atoms with Gasteiger partial charge in [-0.1, -0.05) is 0 Å². The average Bonchev–Trinajstić information content (AvgIpc) is 3.04. The van der Waals surface area contributed by atoms with Crippen LogP contribution in [0.4, 0.5) is 4.39 Å². The molecular formula is C13H13FN2O. The lowest BCUT2D eigenvalue weighted by atomic mass is 10.2. The van der Waals surface area contributed by atoms with Crippen LogP contribution in [0.25, 0.3) is 11.3 Å². The maximum atomic E-state index is 13.0. The van der Waals surface area contributed by atoms with E-state index < -0.39 is 0 Å². The second kappa shape index (κ2) is 4.30. The Morgan fingerprint density at radius 3 is 3.00 bits per heavy atom. The molecule has 0 aromatic carbocycles. The molecule has 4 heteroatoms. The van der Waals surface area contributed by atoms with Crippen molar-refractivity contribution in [3.63, 3.8) is 0 Å². The van der Waals surface area contributed by atoms with Gasteiger partial charge in [-0.3, -0.25) is 4.98 Å². The molecular weight excluding hydrogens is 219 g/mol. The highest BCUT2D eigenvalue weighted by Gasteiger charge is 2.20. The summed E-state index contributed by atoms with van der Waals surface area (Å²) in [6, 6.07) is 5.83. The van der Waals surface area contributed by atoms with Crippen molar-refractivity contribution in [2.45, 2.75) is 25.4 Å². The summed E-state index contributed by atoms with van der Waals surface area (Å²) in [6.45, 7) is 0.730. The minimum atomic E-state index is -0.350. The van der Waals surface area contributed by atoms with E-state index in [-0.39, 0.29) is 5.82 Å². The first-order chi connectivity index (χ1) is 8.31. The standard InChI is InChI=1S/C13H13FN2O/c14-10-5-9(6-15-7-10)13-4-3-12(17-13)8-16-11-1-2-11/h3-7,11,16H,1-2,8H2. The molecule has 2 aromatic heterocycles. The van der Waals surface area contributed by atoms with Crippen molar-refractivity contribution in [1.82, 2.24) is 10.3 Å². The Morgan fingerprint density at radius 1 is 1.35 bits per heavy atom. The highest BCUT2D eigenvalue weighted by molar-refractivity contribution is 5.55. The van der Waals surface area contributed by atoms with Crippen LogP contribution in [0.2, 0.25) is 0 Å². The van der Waals surface area contributed by atoms with Crippen molar-refractivity contribution in [3.8, 4) is 11.3 Å². The third kappa shape index (κ3) is 2.53. The van der Waals surface area contributed by atoms with Crippen LogP contribution < -0.4 is 5.32 Å². The zero-order chi connectivity index (χ0) is 11.7. The lowest BCUT2D eigenvalue weighted by molar-refractivity contribution is 0.492. The second-order valence-electron chi connectivity index (χ2n) is 4.31. The first-order valence-corrected chi connectivity index (χ1v) is 5.74. The molecule has 0 spiro atoms. The maximum absolute atomic E-state index is 13.0. The monoisotopic (exact) mass is 232 g/mol. The molecule has 1 N–H and O–H groups in total. The minimum absolute atomic E-state index is 0.350. The molecule has 0 unspecified atom stereocenters. The highest BCUT2D eigenvalue weighted by atomic mass is 19.1. The van der Waals surface area contributed by atoms with Crippen molar-refractivity contribution in [3.05, 3.63) is 42.2 Å². The number of nitrogens with one attached hydrogen (secondary N) is 1. The fraction of sp³-hybridized carbons (Fsp3) is 0.308. The maximum Gasteiger partial charge on any atom is 0.142 e. The molecule has 0 aliphatic heterocycles. The Balaban J connectivity index is 1.74. The van der Waals surface area contributed by atoms with Crippen LogP contribution >= 0.6 is 0 Å². The molecule has 17 heavy (non-hydrogen) atoms. The van der Waals surface area contributed by atoms with Gasteiger partial charge in [0, 0.05) is 17.8 Å². The molecule has 0 saturated heterocycles. The lowest BCUT2D eigenvalue weighted by Crippen LogP contribution is -2.14. The van der Waals surface area contributed by atoms with Crippen LogP contribution in [0.5, 0.6) is 0 Å². The van der Waals surface area contributed by atoms with Gasteiger partial charge < -0.3 is 9.73 Å². The Hall–Kier alpha value is -1.68. The topological polar surface area (TPSA) is 38.1 Å². The van der Waals surface area contributed by atoms with Crippen LogP contribution in [-0.2, 0) is 6.54 Å². The van der Waals surface area contributed by atoms with E-state index in [2.05, 4.69) is 10.3 Å². The van der Waals surface area contributed by atoms with Crippen molar-refractivity contribution in [2.24, 2.45) is 0 Å². The van der Waals surface area contributed by atoms with Gasteiger partial charge in [-0.2, -0.15) is 0 Å². The van der Waals surface area contributed by atoms with Crippen LogP contribution in [0, 0.1) is 5.82 Å². The molecule has 0 bridgehead atoms. The number of nitrogens with zero attached hydrogens (tertiary/aromatic N) is 1. The van der Waals surface area contributed by atoms with Gasteiger partial charge >= 0.3 is 0 Å². The second-order valence-corrected chi connectivity index (χ2v) is 4.31. The zero-order valence-corrected chi connectivity index (χ0v) is 9.32. The summed E-state index contributed by atoms with van der Waals surface area (Å²) in [4.78, 5) is 3.80. The summed E-state index contributed by atoms with van der Waals surface area (Å²) in [5.74, 6) is 1.18. The number of furan rings is 1. The summed E-state index contributed by atoms with van der Waals surface area (Å²) in [7, 11) is 0. The molecule has 3 rings (SSSR count). The first kappa shape index (κ1) is 10.5. The molecule has 0 atom stereocenters. The quantitative estimate of drug-likeness (QED) is 0.880. The molecule has 1 aliphatic carbocycles. The summed E-state index contributed by atoms with van der Waals surface area (Å²) in [5.41, 5.74) is 0.669. The normalized spacial score (nSPS) is 15.1. The number of pyridine rings is 1. The van der Waals surface area contributed by atoms with E-state index in [1.807, 2.05) is 12.1 Å². The third-order valence-electron chi connectivity index (χ3n) is 2.79. The van der Waals surface area contributed by atoms with E-state index in [1.54, 1.807) is 6.20 Å². The van der Waals surface area contributed by atoms with Crippen molar-refractivity contribution in [1.29, 1.82) is 0 Å². The van der Waals surface area contributed by atoms with E-state index in [9.17, 15) is 4.39 Å². The molecule has 1 saturated carbocycles. The van der Waals surface area contributed by atoms with Gasteiger partial charge in [0.15, 0.2) is 0 Å². The fourth-order valence-corrected chi connectivity index (χ4v) is 1.71.